The number of hydrogen-bond acceptors (Lipinski definition) is 3. The summed E-state index contributed by atoms with van der Waals surface area (Å²) in [6.07, 6.45) is 3.07. The van der Waals surface area contributed by atoms with Crippen molar-refractivity contribution in [1.82, 2.24) is 0 Å². The molecule has 2 atom stereocenters. The number of benzene rings is 2. The molecule has 2 rings (SSSR count). The molecule has 2 aromatic rings. The summed E-state index contributed by atoms with van der Waals surface area (Å²) >= 11 is 0. The molecule has 31 heavy (non-hydrogen) atoms. The van der Waals surface area contributed by atoms with E-state index < -0.39 is 0 Å². The number of methoxy groups -OCH3 is 1. The third-order valence-corrected chi connectivity index (χ3v) is 7.90. The zero-order chi connectivity index (χ0) is 23.2. The molecule has 0 aliphatic carbocycles. The Morgan fingerprint density at radius 1 is 1.06 bits per heavy atom. The molecule has 0 saturated carbocycles. The van der Waals surface area contributed by atoms with E-state index in [1.807, 2.05) is 18.2 Å². The Labute approximate surface area is 190 Å². The van der Waals surface area contributed by atoms with E-state index in [0.717, 1.165) is 35.9 Å². The quantitative estimate of drug-likeness (QED) is 0.228. The van der Waals surface area contributed by atoms with Gasteiger partial charge < -0.3 is 9.47 Å². The first-order valence-electron chi connectivity index (χ1n) is 11.2. The summed E-state index contributed by atoms with van der Waals surface area (Å²) in [6.45, 7) is 15.2. The number of carbonyl (C=O) groups excluding carboxylic acids is 1. The van der Waals surface area contributed by atoms with E-state index in [1.165, 1.54) is 16.7 Å². The summed E-state index contributed by atoms with van der Waals surface area (Å²) in [5.74, 6) is 1.07. The van der Waals surface area contributed by atoms with Crippen molar-refractivity contribution in [3.63, 3.8) is 0 Å². The second-order valence-corrected chi connectivity index (χ2v) is 11.1. The van der Waals surface area contributed by atoms with E-state index in [2.05, 4.69) is 59.7 Å². The second kappa shape index (κ2) is 10.7. The van der Waals surface area contributed by atoms with Crippen LogP contribution in [0.5, 0.6) is 5.75 Å². The van der Waals surface area contributed by atoms with E-state index in [0.29, 0.717) is 8.58 Å². The standard InChI is InChI=1S/C27H39O3P/c1-9-15-27(10-2,31-24-14-12-11-13-21(24)20(4)28)23-17-19(3)16-22(26(5,6)7)25(23)30-18-29-8/h11-14,16-17,31H,9-10,15,18H2,1-8H3. The molecule has 2 aromatic carbocycles. The van der Waals surface area contributed by atoms with Crippen LogP contribution in [0.2, 0.25) is 0 Å². The molecule has 0 bridgehead atoms. The highest BCUT2D eigenvalue weighted by molar-refractivity contribution is 7.48. The molecule has 4 heteroatoms. The average Bonchev–Trinajstić information content (AvgIpc) is 2.71. The number of Topliss-reactive ketones (excluding diaryl/α,β-unsaturated/α-hetero) is 1. The summed E-state index contributed by atoms with van der Waals surface area (Å²) in [4.78, 5) is 12.3. The van der Waals surface area contributed by atoms with Crippen LogP contribution >= 0.6 is 8.58 Å². The minimum Gasteiger partial charge on any atom is -0.467 e. The van der Waals surface area contributed by atoms with Gasteiger partial charge in [-0.25, -0.2) is 0 Å². The topological polar surface area (TPSA) is 35.5 Å². The Morgan fingerprint density at radius 2 is 1.71 bits per heavy atom. The van der Waals surface area contributed by atoms with Gasteiger partial charge in [-0.3, -0.25) is 4.79 Å². The first-order chi connectivity index (χ1) is 14.6. The normalized spacial score (nSPS) is 14.1. The lowest BCUT2D eigenvalue weighted by Gasteiger charge is -2.37. The van der Waals surface area contributed by atoms with Gasteiger partial charge in [0.25, 0.3) is 0 Å². The van der Waals surface area contributed by atoms with Crippen LogP contribution in [0.4, 0.5) is 0 Å². The lowest BCUT2D eigenvalue weighted by molar-refractivity contribution is 0.0485. The molecular formula is C27H39O3P. The monoisotopic (exact) mass is 442 g/mol. The minimum absolute atomic E-state index is 0.0596. The first-order valence-corrected chi connectivity index (χ1v) is 12.2. The van der Waals surface area contributed by atoms with Crippen LogP contribution in [0.3, 0.4) is 0 Å². The fourth-order valence-electron chi connectivity index (χ4n) is 4.26. The predicted octanol–water partition coefficient (Wildman–Crippen LogP) is 6.89. The zero-order valence-corrected chi connectivity index (χ0v) is 21.5. The number of carbonyl (C=O) groups is 1. The van der Waals surface area contributed by atoms with Crippen molar-refractivity contribution in [1.29, 1.82) is 0 Å². The highest BCUT2D eigenvalue weighted by atomic mass is 31.1. The van der Waals surface area contributed by atoms with Crippen LogP contribution in [-0.2, 0) is 15.3 Å². The third kappa shape index (κ3) is 5.96. The smallest absolute Gasteiger partial charge is 0.188 e. The summed E-state index contributed by atoms with van der Waals surface area (Å²) in [7, 11) is 2.14. The molecule has 0 saturated heterocycles. The highest BCUT2D eigenvalue weighted by Crippen LogP contribution is 2.53. The molecule has 0 fully saturated rings. The average molecular weight is 443 g/mol. The van der Waals surface area contributed by atoms with Crippen molar-refractivity contribution < 1.29 is 14.3 Å². The van der Waals surface area contributed by atoms with Crippen LogP contribution in [0.1, 0.15) is 87.9 Å². The predicted molar refractivity (Wildman–Crippen MR) is 134 cm³/mol. The molecule has 0 radical (unpaired) electrons. The molecule has 2 unspecified atom stereocenters. The van der Waals surface area contributed by atoms with E-state index in [4.69, 9.17) is 9.47 Å². The van der Waals surface area contributed by atoms with E-state index in [9.17, 15) is 4.79 Å². The summed E-state index contributed by atoms with van der Waals surface area (Å²) < 4.78 is 11.6. The maximum atomic E-state index is 12.3. The number of aryl methyl sites for hydroxylation is 1. The lowest BCUT2D eigenvalue weighted by atomic mass is 9.80. The van der Waals surface area contributed by atoms with Gasteiger partial charge in [-0.05, 0) is 37.4 Å². The fraction of sp³-hybridized carbons (Fsp3) is 0.519. The number of hydrogen-bond donors (Lipinski definition) is 0. The molecule has 170 valence electrons. The molecule has 0 spiro atoms. The molecule has 0 aromatic heterocycles. The fourth-order valence-corrected chi connectivity index (χ4v) is 6.22. The van der Waals surface area contributed by atoms with Crippen molar-refractivity contribution in [2.75, 3.05) is 13.9 Å². The van der Waals surface area contributed by atoms with Gasteiger partial charge in [0.05, 0.1) is 0 Å². The van der Waals surface area contributed by atoms with Gasteiger partial charge in [-0.15, -0.1) is 0 Å². The second-order valence-electron chi connectivity index (χ2n) is 9.40. The Hall–Kier alpha value is -1.70. The molecular weight excluding hydrogens is 403 g/mol. The van der Waals surface area contributed by atoms with Crippen LogP contribution in [0, 0.1) is 6.92 Å². The van der Waals surface area contributed by atoms with Crippen molar-refractivity contribution in [3.05, 3.63) is 58.7 Å². The van der Waals surface area contributed by atoms with E-state index >= 15 is 0 Å². The molecule has 3 nitrogen and oxygen atoms in total. The van der Waals surface area contributed by atoms with Gasteiger partial charge in [0, 0.05) is 29.0 Å². The van der Waals surface area contributed by atoms with Crippen molar-refractivity contribution in [2.45, 2.75) is 78.3 Å². The van der Waals surface area contributed by atoms with Gasteiger partial charge in [-0.2, -0.15) is 0 Å². The largest absolute Gasteiger partial charge is 0.467 e. The van der Waals surface area contributed by atoms with E-state index in [1.54, 1.807) is 14.0 Å². The highest BCUT2D eigenvalue weighted by Gasteiger charge is 2.36. The van der Waals surface area contributed by atoms with Gasteiger partial charge in [0.15, 0.2) is 12.6 Å². The Balaban J connectivity index is 2.78. The summed E-state index contributed by atoms with van der Waals surface area (Å²) in [5.41, 5.74) is 4.46. The molecule has 0 aliphatic rings. The molecule has 0 heterocycles. The first kappa shape index (κ1) is 25.6. The Morgan fingerprint density at radius 3 is 2.26 bits per heavy atom. The van der Waals surface area contributed by atoms with Crippen LogP contribution in [0.25, 0.3) is 0 Å². The van der Waals surface area contributed by atoms with Crippen LogP contribution in [-0.4, -0.2) is 19.7 Å². The van der Waals surface area contributed by atoms with Gasteiger partial charge in [0.2, 0.25) is 0 Å². The van der Waals surface area contributed by atoms with E-state index in [-0.39, 0.29) is 23.1 Å². The third-order valence-electron chi connectivity index (χ3n) is 5.84. The molecule has 0 amide bonds. The summed E-state index contributed by atoms with van der Waals surface area (Å²) in [6, 6.07) is 12.6. The maximum Gasteiger partial charge on any atom is 0.188 e. The Bertz CT molecular complexity index is 898. The molecule has 0 N–H and O–H groups in total. The number of ketones is 1. The van der Waals surface area contributed by atoms with Gasteiger partial charge >= 0.3 is 0 Å². The van der Waals surface area contributed by atoms with Gasteiger partial charge in [-0.1, -0.05) is 91.6 Å². The van der Waals surface area contributed by atoms with Crippen molar-refractivity contribution >= 4 is 19.7 Å². The molecule has 0 aliphatic heterocycles. The maximum absolute atomic E-state index is 12.3. The number of ether oxygens (including phenoxy) is 2. The summed E-state index contributed by atoms with van der Waals surface area (Å²) in [5, 5.41) is 1.04. The minimum atomic E-state index is -0.102. The van der Waals surface area contributed by atoms with Crippen LogP contribution < -0.4 is 10.0 Å². The lowest BCUT2D eigenvalue weighted by Crippen LogP contribution is -2.27. The van der Waals surface area contributed by atoms with Crippen molar-refractivity contribution in [2.24, 2.45) is 0 Å². The van der Waals surface area contributed by atoms with Crippen molar-refractivity contribution in [3.8, 4) is 5.75 Å². The Kier molecular flexibility index (Phi) is 8.86. The zero-order valence-electron chi connectivity index (χ0n) is 20.5. The SMILES string of the molecule is CCCC(CC)(Pc1ccccc1C(C)=O)c1cc(C)cc(C(C)(C)C)c1OCOC. The van der Waals surface area contributed by atoms with Gasteiger partial charge in [0.1, 0.15) is 5.75 Å². The van der Waals surface area contributed by atoms with Crippen LogP contribution in [0.15, 0.2) is 36.4 Å². The number of rotatable bonds is 10.